The van der Waals surface area contributed by atoms with Gasteiger partial charge in [0.1, 0.15) is 6.61 Å². The SMILES string of the molecule is CC.CCC1(NSC(C)(C)C)COc2c1cc(C(O)(CN)C(F)(F)F)nc2Cl. The van der Waals surface area contributed by atoms with Crippen LogP contribution in [0.15, 0.2) is 6.07 Å². The van der Waals surface area contributed by atoms with Gasteiger partial charge in [0.25, 0.3) is 0 Å². The topological polar surface area (TPSA) is 80.4 Å². The zero-order valence-electron chi connectivity index (χ0n) is 17.0. The van der Waals surface area contributed by atoms with Gasteiger partial charge in [0.05, 0.1) is 11.2 Å². The Morgan fingerprint density at radius 1 is 1.36 bits per heavy atom. The van der Waals surface area contributed by atoms with Crippen molar-refractivity contribution in [3.8, 4) is 5.75 Å². The van der Waals surface area contributed by atoms with E-state index in [1.165, 1.54) is 18.0 Å². The quantitative estimate of drug-likeness (QED) is 0.459. The van der Waals surface area contributed by atoms with E-state index in [0.717, 1.165) is 0 Å². The van der Waals surface area contributed by atoms with Crippen molar-refractivity contribution in [2.45, 2.75) is 70.0 Å². The number of hydrogen-bond acceptors (Lipinski definition) is 6. The molecule has 0 bridgehead atoms. The molecule has 2 rings (SSSR count). The van der Waals surface area contributed by atoms with Crippen LogP contribution >= 0.6 is 23.5 Å². The molecule has 0 aromatic carbocycles. The normalized spacial score (nSPS) is 21.3. The number of aliphatic hydroxyl groups is 1. The van der Waals surface area contributed by atoms with Crippen LogP contribution in [0, 0.1) is 0 Å². The zero-order valence-corrected chi connectivity index (χ0v) is 18.6. The van der Waals surface area contributed by atoms with Crippen LogP contribution in [0.25, 0.3) is 0 Å². The molecule has 0 radical (unpaired) electrons. The first kappa shape index (κ1) is 25.3. The van der Waals surface area contributed by atoms with E-state index in [9.17, 15) is 18.3 Å². The first-order chi connectivity index (χ1) is 12.8. The number of pyridine rings is 1. The summed E-state index contributed by atoms with van der Waals surface area (Å²) in [6.07, 6.45) is -4.45. The van der Waals surface area contributed by atoms with Crippen molar-refractivity contribution in [2.24, 2.45) is 5.73 Å². The molecule has 1 aromatic heterocycles. The lowest BCUT2D eigenvalue weighted by Gasteiger charge is -2.33. The molecule has 0 fully saturated rings. The first-order valence-corrected chi connectivity index (χ1v) is 10.3. The molecule has 0 spiro atoms. The molecule has 0 saturated carbocycles. The summed E-state index contributed by atoms with van der Waals surface area (Å²) < 4.78 is 49.0. The van der Waals surface area contributed by atoms with E-state index in [2.05, 4.69) is 9.71 Å². The number of hydrogen-bond donors (Lipinski definition) is 3. The molecule has 0 aliphatic carbocycles. The van der Waals surface area contributed by atoms with Gasteiger partial charge >= 0.3 is 6.18 Å². The number of nitrogens with two attached hydrogens (primary N) is 1. The van der Waals surface area contributed by atoms with Crippen LogP contribution in [0.5, 0.6) is 5.75 Å². The van der Waals surface area contributed by atoms with Crippen LogP contribution in [0.1, 0.15) is 59.2 Å². The second kappa shape index (κ2) is 8.95. The highest BCUT2D eigenvalue weighted by molar-refractivity contribution is 7.98. The average molecular weight is 444 g/mol. The third kappa shape index (κ3) is 4.87. The number of nitrogens with zero attached hydrogens (tertiary/aromatic N) is 1. The average Bonchev–Trinajstić information content (AvgIpc) is 2.99. The summed E-state index contributed by atoms with van der Waals surface area (Å²) in [5.41, 5.74) is 0.988. The molecule has 4 N–H and O–H groups in total. The number of nitrogens with one attached hydrogen (secondary N) is 1. The van der Waals surface area contributed by atoms with E-state index in [-0.39, 0.29) is 22.3 Å². The summed E-state index contributed by atoms with van der Waals surface area (Å²) >= 11 is 7.52. The second-order valence-electron chi connectivity index (χ2n) is 7.28. The van der Waals surface area contributed by atoms with Crippen molar-refractivity contribution < 1.29 is 23.0 Å². The minimum atomic E-state index is -4.99. The fourth-order valence-corrected chi connectivity index (χ4v) is 3.61. The van der Waals surface area contributed by atoms with Crippen molar-refractivity contribution in [1.29, 1.82) is 0 Å². The third-order valence-electron chi connectivity index (χ3n) is 4.25. The van der Waals surface area contributed by atoms with Crippen molar-refractivity contribution in [3.05, 3.63) is 22.5 Å². The fourth-order valence-electron chi connectivity index (χ4n) is 2.55. The van der Waals surface area contributed by atoms with Gasteiger partial charge in [-0.05, 0) is 33.3 Å². The van der Waals surface area contributed by atoms with Gasteiger partial charge in [0.15, 0.2) is 10.9 Å². The molecule has 0 amide bonds. The van der Waals surface area contributed by atoms with Crippen LogP contribution < -0.4 is 15.2 Å². The Hall–Kier alpha value is -0.740. The summed E-state index contributed by atoms with van der Waals surface area (Å²) in [6, 6.07) is 1.19. The Morgan fingerprint density at radius 2 is 1.93 bits per heavy atom. The van der Waals surface area contributed by atoms with E-state index in [0.29, 0.717) is 12.0 Å². The summed E-state index contributed by atoms with van der Waals surface area (Å²) in [4.78, 5) is 3.72. The second-order valence-corrected chi connectivity index (χ2v) is 9.27. The molecule has 1 aliphatic rings. The van der Waals surface area contributed by atoms with Crippen molar-refractivity contribution in [1.82, 2.24) is 9.71 Å². The van der Waals surface area contributed by atoms with Crippen molar-refractivity contribution in [3.63, 3.8) is 0 Å². The number of ether oxygens (including phenoxy) is 1. The number of fused-ring (bicyclic) bond motifs is 1. The van der Waals surface area contributed by atoms with Gasteiger partial charge in [0, 0.05) is 16.9 Å². The van der Waals surface area contributed by atoms with Crippen LogP contribution in [0.3, 0.4) is 0 Å². The predicted octanol–water partition coefficient (Wildman–Crippen LogP) is 4.50. The van der Waals surface area contributed by atoms with Gasteiger partial charge < -0.3 is 15.6 Å². The number of alkyl halides is 3. The van der Waals surface area contributed by atoms with E-state index in [1.807, 2.05) is 41.5 Å². The van der Waals surface area contributed by atoms with E-state index >= 15 is 0 Å². The maximum absolute atomic E-state index is 13.4. The molecule has 2 heterocycles. The number of halogens is 4. The highest BCUT2D eigenvalue weighted by atomic mass is 35.5. The van der Waals surface area contributed by atoms with Gasteiger partial charge in [-0.25, -0.2) is 9.71 Å². The lowest BCUT2D eigenvalue weighted by atomic mass is 9.88. The molecule has 1 aliphatic heterocycles. The maximum atomic E-state index is 13.4. The van der Waals surface area contributed by atoms with E-state index in [4.69, 9.17) is 22.1 Å². The van der Waals surface area contributed by atoms with Gasteiger partial charge in [-0.2, -0.15) is 13.2 Å². The summed E-state index contributed by atoms with van der Waals surface area (Å²) in [5, 5.41) is 9.92. The highest BCUT2D eigenvalue weighted by Crippen LogP contribution is 2.47. The fraction of sp³-hybridized carbons (Fsp3) is 0.722. The largest absolute Gasteiger partial charge is 0.488 e. The Labute approximate surface area is 173 Å². The van der Waals surface area contributed by atoms with Gasteiger partial charge in [-0.15, -0.1) is 0 Å². The summed E-state index contributed by atoms with van der Waals surface area (Å²) in [7, 11) is 0. The van der Waals surface area contributed by atoms with Crippen molar-refractivity contribution >= 4 is 23.5 Å². The van der Waals surface area contributed by atoms with Crippen LogP contribution in [-0.2, 0) is 11.1 Å². The van der Waals surface area contributed by atoms with Gasteiger partial charge in [0.2, 0.25) is 5.60 Å². The smallest absolute Gasteiger partial charge is 0.424 e. The Bertz CT molecular complexity index is 685. The lowest BCUT2D eigenvalue weighted by Crippen LogP contribution is -2.49. The predicted molar refractivity (Wildman–Crippen MR) is 108 cm³/mol. The maximum Gasteiger partial charge on any atom is 0.424 e. The molecule has 1 aromatic rings. The summed E-state index contributed by atoms with van der Waals surface area (Å²) in [6.45, 7) is 11.0. The van der Waals surface area contributed by atoms with Crippen LogP contribution in [0.2, 0.25) is 5.15 Å². The zero-order chi connectivity index (χ0) is 22.0. The summed E-state index contributed by atoms with van der Waals surface area (Å²) in [5.74, 6) is 0.223. The minimum Gasteiger partial charge on any atom is -0.488 e. The third-order valence-corrected chi connectivity index (χ3v) is 5.62. The monoisotopic (exact) mass is 443 g/mol. The molecular weight excluding hydrogens is 415 g/mol. The Kier molecular flexibility index (Phi) is 8.09. The minimum absolute atomic E-state index is 0.130. The van der Waals surface area contributed by atoms with Gasteiger partial charge in [-0.3, -0.25) is 0 Å². The standard InChI is InChI=1S/C16H23ClF3N3O2S.C2H6/c1-5-14(23-26-13(2,3)4)8-25-11-9(14)6-10(22-12(11)17)15(24,7-21)16(18,19)20;1-2/h6,23-24H,5,7-8,21H2,1-4H3;1-2H3. The Morgan fingerprint density at radius 3 is 2.36 bits per heavy atom. The van der Waals surface area contributed by atoms with E-state index < -0.39 is 29.6 Å². The molecule has 0 saturated heterocycles. The van der Waals surface area contributed by atoms with Crippen molar-refractivity contribution in [2.75, 3.05) is 13.2 Å². The molecule has 28 heavy (non-hydrogen) atoms. The Balaban J connectivity index is 0.00000190. The molecular formula is C18H29ClF3N3O2S. The molecule has 5 nitrogen and oxygen atoms in total. The lowest BCUT2D eigenvalue weighted by molar-refractivity contribution is -0.263. The number of aromatic nitrogens is 1. The highest BCUT2D eigenvalue weighted by Gasteiger charge is 2.56. The van der Waals surface area contributed by atoms with E-state index in [1.54, 1.807) is 0 Å². The number of rotatable bonds is 5. The molecule has 10 heteroatoms. The first-order valence-electron chi connectivity index (χ1n) is 9.08. The van der Waals surface area contributed by atoms with Gasteiger partial charge in [-0.1, -0.05) is 44.3 Å². The van der Waals surface area contributed by atoms with Crippen LogP contribution in [-0.4, -0.2) is 34.2 Å². The van der Waals surface area contributed by atoms with Crippen LogP contribution in [0.4, 0.5) is 13.2 Å². The molecule has 2 unspecified atom stereocenters. The molecule has 2 atom stereocenters. The molecule has 162 valence electrons.